The molecule has 0 aliphatic rings. The average Bonchev–Trinajstić information content (AvgIpc) is 2.45. The topological polar surface area (TPSA) is 66.5 Å². The molecule has 0 spiro atoms. The van der Waals surface area contributed by atoms with Crippen LogP contribution in [0.15, 0.2) is 18.2 Å². The largest absolute Gasteiger partial charge is 0.354 e. The molecule has 0 aliphatic carbocycles. The van der Waals surface area contributed by atoms with Crippen molar-refractivity contribution in [3.8, 4) is 0 Å². The zero-order valence-corrected chi connectivity index (χ0v) is 14.3. The second-order valence-electron chi connectivity index (χ2n) is 5.41. The van der Waals surface area contributed by atoms with Crippen LogP contribution in [0.5, 0.6) is 0 Å². The number of rotatable bonds is 8. The molecule has 0 aromatic heterocycles. The van der Waals surface area contributed by atoms with Crippen LogP contribution in [-0.2, 0) is 14.8 Å². The third-order valence-electron chi connectivity index (χ3n) is 3.38. The van der Waals surface area contributed by atoms with Gasteiger partial charge in [0, 0.05) is 25.1 Å². The summed E-state index contributed by atoms with van der Waals surface area (Å²) in [5.74, 6) is -2.33. The number of nitrogens with zero attached hydrogens (tertiary/aromatic N) is 1. The summed E-state index contributed by atoms with van der Waals surface area (Å²) in [4.78, 5) is 11.7. The monoisotopic (exact) mass is 348 g/mol. The maximum absolute atomic E-state index is 13.3. The molecule has 1 atom stereocenters. The third kappa shape index (κ3) is 6.13. The van der Waals surface area contributed by atoms with Crippen LogP contribution in [0.1, 0.15) is 33.1 Å². The standard InChI is InChI=1S/C15H22F2N2O3S/c1-4-11(2)18-15(20)6-5-9-19(23(3,21)22)12-7-8-13(16)14(17)10-12/h7-8,10-11H,4-6,9H2,1-3H3,(H,18,20). The zero-order valence-electron chi connectivity index (χ0n) is 13.5. The number of benzene rings is 1. The van der Waals surface area contributed by atoms with Crippen LogP contribution in [-0.4, -0.2) is 33.2 Å². The van der Waals surface area contributed by atoms with E-state index in [9.17, 15) is 22.0 Å². The van der Waals surface area contributed by atoms with Gasteiger partial charge in [-0.25, -0.2) is 17.2 Å². The quantitative estimate of drug-likeness (QED) is 0.785. The van der Waals surface area contributed by atoms with Gasteiger partial charge < -0.3 is 5.32 Å². The SMILES string of the molecule is CCC(C)NC(=O)CCCN(c1ccc(F)c(F)c1)S(C)(=O)=O. The molecule has 1 unspecified atom stereocenters. The van der Waals surface area contributed by atoms with E-state index in [1.807, 2.05) is 13.8 Å². The number of hydrogen-bond acceptors (Lipinski definition) is 3. The van der Waals surface area contributed by atoms with Gasteiger partial charge in [-0.2, -0.15) is 0 Å². The first-order chi connectivity index (χ1) is 10.6. The molecule has 1 amide bonds. The Bertz CT molecular complexity index is 650. The Morgan fingerprint density at radius 1 is 1.30 bits per heavy atom. The first kappa shape index (κ1) is 19.3. The lowest BCUT2D eigenvalue weighted by atomic mass is 10.2. The minimum absolute atomic E-state index is 0.0117. The average molecular weight is 348 g/mol. The maximum atomic E-state index is 13.3. The van der Waals surface area contributed by atoms with E-state index in [1.165, 1.54) is 6.07 Å². The molecule has 0 aliphatic heterocycles. The number of amides is 1. The van der Waals surface area contributed by atoms with Gasteiger partial charge in [0.2, 0.25) is 15.9 Å². The van der Waals surface area contributed by atoms with Crippen LogP contribution in [0.2, 0.25) is 0 Å². The van der Waals surface area contributed by atoms with Crippen molar-refractivity contribution in [2.75, 3.05) is 17.1 Å². The van der Waals surface area contributed by atoms with Gasteiger partial charge in [-0.05, 0) is 31.9 Å². The van der Waals surface area contributed by atoms with Crippen LogP contribution in [0.3, 0.4) is 0 Å². The van der Waals surface area contributed by atoms with Crippen molar-refractivity contribution >= 4 is 21.6 Å². The smallest absolute Gasteiger partial charge is 0.232 e. The molecular weight excluding hydrogens is 326 g/mol. The summed E-state index contributed by atoms with van der Waals surface area (Å²) >= 11 is 0. The van der Waals surface area contributed by atoms with Gasteiger partial charge in [-0.15, -0.1) is 0 Å². The van der Waals surface area contributed by atoms with E-state index in [0.717, 1.165) is 29.1 Å². The van der Waals surface area contributed by atoms with Gasteiger partial charge in [-0.3, -0.25) is 9.10 Å². The lowest BCUT2D eigenvalue weighted by molar-refractivity contribution is -0.121. The highest BCUT2D eigenvalue weighted by Crippen LogP contribution is 2.21. The van der Waals surface area contributed by atoms with Crippen LogP contribution < -0.4 is 9.62 Å². The van der Waals surface area contributed by atoms with E-state index < -0.39 is 21.7 Å². The number of sulfonamides is 1. The molecule has 8 heteroatoms. The number of carbonyl (C=O) groups is 1. The normalized spacial score (nSPS) is 12.7. The first-order valence-corrected chi connectivity index (χ1v) is 9.22. The molecule has 0 heterocycles. The van der Waals surface area contributed by atoms with Gasteiger partial charge in [0.05, 0.1) is 11.9 Å². The Morgan fingerprint density at radius 3 is 2.48 bits per heavy atom. The van der Waals surface area contributed by atoms with Gasteiger partial charge in [-0.1, -0.05) is 6.92 Å². The Morgan fingerprint density at radius 2 is 1.96 bits per heavy atom. The van der Waals surface area contributed by atoms with Crippen molar-refractivity contribution in [1.29, 1.82) is 0 Å². The summed E-state index contributed by atoms with van der Waals surface area (Å²) in [5, 5.41) is 2.78. The highest BCUT2D eigenvalue weighted by Gasteiger charge is 2.19. The predicted molar refractivity (Wildman–Crippen MR) is 85.7 cm³/mol. The third-order valence-corrected chi connectivity index (χ3v) is 4.57. The van der Waals surface area contributed by atoms with Crippen molar-refractivity contribution in [3.05, 3.63) is 29.8 Å². The van der Waals surface area contributed by atoms with E-state index >= 15 is 0 Å². The second kappa shape index (κ2) is 8.24. The van der Waals surface area contributed by atoms with Gasteiger partial charge in [0.15, 0.2) is 11.6 Å². The zero-order chi connectivity index (χ0) is 17.6. The first-order valence-electron chi connectivity index (χ1n) is 7.37. The van der Waals surface area contributed by atoms with Crippen LogP contribution in [0, 0.1) is 11.6 Å². The molecule has 0 fully saturated rings. The van der Waals surface area contributed by atoms with Gasteiger partial charge in [0.25, 0.3) is 0 Å². The van der Waals surface area contributed by atoms with Crippen molar-refractivity contribution in [2.45, 2.75) is 39.2 Å². The summed E-state index contributed by atoms with van der Waals surface area (Å²) in [5.41, 5.74) is 0.0359. The summed E-state index contributed by atoms with van der Waals surface area (Å²) in [6.45, 7) is 3.83. The number of nitrogens with one attached hydrogen (secondary N) is 1. The Hall–Kier alpha value is -1.70. The lowest BCUT2D eigenvalue weighted by Crippen LogP contribution is -2.34. The molecule has 1 aromatic carbocycles. The van der Waals surface area contributed by atoms with Crippen molar-refractivity contribution in [2.24, 2.45) is 0 Å². The minimum atomic E-state index is -3.66. The van der Waals surface area contributed by atoms with Crippen molar-refractivity contribution in [1.82, 2.24) is 5.32 Å². The molecule has 0 saturated carbocycles. The number of halogens is 2. The van der Waals surface area contributed by atoms with Gasteiger partial charge in [0.1, 0.15) is 0 Å². The molecule has 0 radical (unpaired) electrons. The van der Waals surface area contributed by atoms with Crippen LogP contribution in [0.4, 0.5) is 14.5 Å². The highest BCUT2D eigenvalue weighted by molar-refractivity contribution is 7.92. The van der Waals surface area contributed by atoms with E-state index in [-0.39, 0.29) is 37.0 Å². The Kier molecular flexibility index (Phi) is 6.93. The van der Waals surface area contributed by atoms with Gasteiger partial charge >= 0.3 is 0 Å². The molecule has 130 valence electrons. The summed E-state index contributed by atoms with van der Waals surface area (Å²) in [6, 6.07) is 2.95. The fraction of sp³-hybridized carbons (Fsp3) is 0.533. The van der Waals surface area contributed by atoms with Crippen molar-refractivity contribution < 1.29 is 22.0 Å². The number of hydrogen-bond donors (Lipinski definition) is 1. The molecule has 5 nitrogen and oxygen atoms in total. The minimum Gasteiger partial charge on any atom is -0.354 e. The molecule has 0 saturated heterocycles. The van der Waals surface area contributed by atoms with E-state index in [1.54, 1.807) is 0 Å². The fourth-order valence-electron chi connectivity index (χ4n) is 1.96. The number of carbonyl (C=O) groups excluding carboxylic acids is 1. The van der Waals surface area contributed by atoms with Crippen LogP contribution >= 0.6 is 0 Å². The molecule has 23 heavy (non-hydrogen) atoms. The number of anilines is 1. The van der Waals surface area contributed by atoms with E-state index in [4.69, 9.17) is 0 Å². The van der Waals surface area contributed by atoms with E-state index in [2.05, 4.69) is 5.32 Å². The second-order valence-corrected chi connectivity index (χ2v) is 7.32. The highest BCUT2D eigenvalue weighted by atomic mass is 32.2. The molecule has 0 bridgehead atoms. The maximum Gasteiger partial charge on any atom is 0.232 e. The molecule has 1 aromatic rings. The Labute approximate surface area is 135 Å². The summed E-state index contributed by atoms with van der Waals surface area (Å²) < 4.78 is 50.9. The molecule has 1 N–H and O–H groups in total. The molecule has 1 rings (SSSR count). The summed E-state index contributed by atoms with van der Waals surface area (Å²) in [6.07, 6.45) is 2.21. The van der Waals surface area contributed by atoms with E-state index in [0.29, 0.717) is 0 Å². The fourth-order valence-corrected chi connectivity index (χ4v) is 2.92. The predicted octanol–water partition coefficient (Wildman–Crippen LogP) is 2.43. The summed E-state index contributed by atoms with van der Waals surface area (Å²) in [7, 11) is -3.66. The lowest BCUT2D eigenvalue weighted by Gasteiger charge is -2.22. The Balaban J connectivity index is 2.74. The molecular formula is C15H22F2N2O3S. The van der Waals surface area contributed by atoms with Crippen molar-refractivity contribution in [3.63, 3.8) is 0 Å². The van der Waals surface area contributed by atoms with Crippen LogP contribution in [0.25, 0.3) is 0 Å².